The lowest BCUT2D eigenvalue weighted by Gasteiger charge is -2.32. The lowest BCUT2D eigenvalue weighted by molar-refractivity contribution is 0.299. The first kappa shape index (κ1) is 33.5. The molecule has 0 saturated carbocycles. The van der Waals surface area contributed by atoms with Gasteiger partial charge in [0.25, 0.3) is 0 Å². The molecule has 5 nitrogen and oxygen atoms in total. The number of aromatic nitrogens is 1. The molecule has 0 unspecified atom stereocenters. The molecule has 0 atom stereocenters. The zero-order valence-electron chi connectivity index (χ0n) is 25.3. The normalized spacial score (nSPS) is 16.2. The third kappa shape index (κ3) is 12.7. The largest absolute Gasteiger partial charge is 0.372 e. The van der Waals surface area contributed by atoms with Crippen molar-refractivity contribution in [2.45, 2.75) is 74.1 Å². The van der Waals surface area contributed by atoms with Crippen LogP contribution in [0.1, 0.15) is 79.8 Å². The number of rotatable bonds is 11. The van der Waals surface area contributed by atoms with E-state index in [-0.39, 0.29) is 0 Å². The Morgan fingerprint density at radius 1 is 1.10 bits per heavy atom. The van der Waals surface area contributed by atoms with E-state index in [0.717, 1.165) is 74.4 Å². The molecule has 210 valence electrons. The van der Waals surface area contributed by atoms with Crippen molar-refractivity contribution in [3.05, 3.63) is 95.2 Å². The van der Waals surface area contributed by atoms with Crippen molar-refractivity contribution in [3.63, 3.8) is 0 Å². The predicted octanol–water partition coefficient (Wildman–Crippen LogP) is 8.20. The number of piperazine rings is 1. The average Bonchev–Trinajstić information content (AvgIpc) is 2.96. The highest BCUT2D eigenvalue weighted by molar-refractivity contribution is 6.12. The van der Waals surface area contributed by atoms with Gasteiger partial charge in [-0.2, -0.15) is 5.26 Å². The fourth-order valence-corrected chi connectivity index (χ4v) is 4.24. The Morgan fingerprint density at radius 3 is 2.38 bits per heavy atom. The van der Waals surface area contributed by atoms with Gasteiger partial charge in [0, 0.05) is 61.1 Å². The first-order chi connectivity index (χ1) is 18.9. The molecule has 0 bridgehead atoms. The molecule has 0 aliphatic carbocycles. The number of pyridine rings is 1. The molecule has 0 spiro atoms. The number of nitrogens with zero attached hydrogens (tertiary/aromatic N) is 4. The van der Waals surface area contributed by atoms with Gasteiger partial charge in [-0.25, -0.2) is 0 Å². The lowest BCUT2D eigenvalue weighted by atomic mass is 9.95. The molecule has 1 saturated heterocycles. The summed E-state index contributed by atoms with van der Waals surface area (Å²) in [5.74, 6) is 0. The van der Waals surface area contributed by atoms with Gasteiger partial charge in [-0.15, -0.1) is 0 Å². The lowest BCUT2D eigenvalue weighted by Crippen LogP contribution is -2.43. The Labute approximate surface area is 238 Å². The third-order valence-corrected chi connectivity index (χ3v) is 6.25. The second kappa shape index (κ2) is 20.5. The number of aliphatic imine (C=N–C) groups is 1. The molecule has 1 aliphatic rings. The summed E-state index contributed by atoms with van der Waals surface area (Å²) in [5.41, 5.74) is 7.62. The summed E-state index contributed by atoms with van der Waals surface area (Å²) < 4.78 is 0. The molecule has 39 heavy (non-hydrogen) atoms. The van der Waals surface area contributed by atoms with Crippen molar-refractivity contribution >= 4 is 11.3 Å². The molecule has 1 N–H and O–H groups in total. The molecule has 2 heterocycles. The van der Waals surface area contributed by atoms with E-state index in [2.05, 4.69) is 88.0 Å². The molecular weight excluding hydrogens is 478 g/mol. The fourth-order valence-electron chi connectivity index (χ4n) is 4.24. The Bertz CT molecular complexity index is 1100. The van der Waals surface area contributed by atoms with Gasteiger partial charge < -0.3 is 10.2 Å². The van der Waals surface area contributed by atoms with Crippen molar-refractivity contribution in [1.29, 1.82) is 5.26 Å². The predicted molar refractivity (Wildman–Crippen MR) is 169 cm³/mol. The van der Waals surface area contributed by atoms with Crippen LogP contribution in [-0.4, -0.2) is 41.8 Å². The van der Waals surface area contributed by atoms with Gasteiger partial charge in [0.15, 0.2) is 0 Å². The Hall–Kier alpha value is -3.49. The van der Waals surface area contributed by atoms with Crippen molar-refractivity contribution in [3.8, 4) is 6.07 Å². The molecule has 0 radical (unpaired) electrons. The van der Waals surface area contributed by atoms with Gasteiger partial charge in [0.2, 0.25) is 0 Å². The minimum absolute atomic E-state index is 0.737. The van der Waals surface area contributed by atoms with Crippen molar-refractivity contribution in [2.75, 3.05) is 26.2 Å². The summed E-state index contributed by atoms with van der Waals surface area (Å²) in [6.07, 6.45) is 20.0. The van der Waals surface area contributed by atoms with E-state index in [1.165, 1.54) is 16.8 Å². The van der Waals surface area contributed by atoms with Gasteiger partial charge in [0.05, 0.1) is 17.3 Å². The summed E-state index contributed by atoms with van der Waals surface area (Å²) in [4.78, 5) is 11.7. The highest BCUT2D eigenvalue weighted by atomic mass is 15.2. The van der Waals surface area contributed by atoms with Crippen molar-refractivity contribution in [2.24, 2.45) is 4.99 Å². The van der Waals surface area contributed by atoms with E-state index >= 15 is 0 Å². The Morgan fingerprint density at radius 2 is 1.82 bits per heavy atom. The molecule has 1 aromatic rings. The van der Waals surface area contributed by atoms with Gasteiger partial charge in [-0.05, 0) is 71.2 Å². The number of nitriles is 1. The fraction of sp³-hybridized carbons (Fsp3) is 0.441. The minimum atomic E-state index is 0.737. The van der Waals surface area contributed by atoms with E-state index in [0.29, 0.717) is 0 Å². The first-order valence-electron chi connectivity index (χ1n) is 14.3. The van der Waals surface area contributed by atoms with E-state index < -0.39 is 0 Å². The van der Waals surface area contributed by atoms with E-state index in [1.54, 1.807) is 0 Å². The second-order valence-corrected chi connectivity index (χ2v) is 9.43. The summed E-state index contributed by atoms with van der Waals surface area (Å²) in [7, 11) is 0. The highest BCUT2D eigenvalue weighted by Crippen LogP contribution is 2.27. The topological polar surface area (TPSA) is 64.3 Å². The Balaban J connectivity index is 0.000000464. The zero-order chi connectivity index (χ0) is 28.9. The first-order valence-corrected chi connectivity index (χ1v) is 14.3. The number of hydrogen-bond donors (Lipinski definition) is 1. The van der Waals surface area contributed by atoms with Crippen LogP contribution < -0.4 is 5.32 Å². The van der Waals surface area contributed by atoms with Crippen molar-refractivity contribution in [1.82, 2.24) is 15.2 Å². The van der Waals surface area contributed by atoms with Crippen LogP contribution in [0.5, 0.6) is 0 Å². The van der Waals surface area contributed by atoms with Gasteiger partial charge in [-0.3, -0.25) is 9.98 Å². The smallest absolute Gasteiger partial charge is 0.0991 e. The summed E-state index contributed by atoms with van der Waals surface area (Å²) >= 11 is 0. The molecule has 1 fully saturated rings. The van der Waals surface area contributed by atoms with Gasteiger partial charge in [0.1, 0.15) is 0 Å². The molecule has 0 amide bonds. The van der Waals surface area contributed by atoms with Crippen LogP contribution in [-0.2, 0) is 0 Å². The maximum absolute atomic E-state index is 8.85. The molecular formula is C34H49N5. The van der Waals surface area contributed by atoms with Gasteiger partial charge >= 0.3 is 0 Å². The standard InChI is InChI=1S/C21H30N4.C13H19N/c1-5-7-11-23-17(3)21(18(4)25-15-13-22-14-16-25)19(6-2)20-10-8-9-12-24-20;1-4-6-7-9-13(11-14)10-12(3)8-5-2/h6-12,22H,5,13-16H2,1-4H3;6-7,9-10H,4-5,8H2,1-3H3/b11-7+,19-6-,21-18-,23-17+;7-6+,12-10+,13-9+. The maximum atomic E-state index is 8.85. The molecule has 2 rings (SSSR count). The van der Waals surface area contributed by atoms with Crippen LogP contribution in [0.4, 0.5) is 0 Å². The molecule has 1 aromatic heterocycles. The molecule has 0 aromatic carbocycles. The molecule has 1 aliphatic heterocycles. The SMILES string of the molecule is CC/C=C/C=C(C#N)\C=C(/C)CCC.C\C=C(C(/C(C)=N/C=C/CC)=C(/C)N1CCNCC1)\c1ccccn1. The van der Waals surface area contributed by atoms with E-state index in [1.807, 2.05) is 48.8 Å². The average molecular weight is 528 g/mol. The molecule has 5 heteroatoms. The minimum Gasteiger partial charge on any atom is -0.372 e. The third-order valence-electron chi connectivity index (χ3n) is 6.25. The van der Waals surface area contributed by atoms with Crippen LogP contribution in [0.2, 0.25) is 0 Å². The summed E-state index contributed by atoms with van der Waals surface area (Å²) in [5, 5.41) is 12.3. The Kier molecular flexibility index (Phi) is 17.6. The van der Waals surface area contributed by atoms with Crippen LogP contribution in [0.15, 0.2) is 94.5 Å². The summed E-state index contributed by atoms with van der Waals surface area (Å²) in [6.45, 7) is 18.9. The van der Waals surface area contributed by atoms with E-state index in [4.69, 9.17) is 10.3 Å². The van der Waals surface area contributed by atoms with Crippen LogP contribution >= 0.6 is 0 Å². The number of hydrogen-bond acceptors (Lipinski definition) is 5. The van der Waals surface area contributed by atoms with Crippen LogP contribution in [0, 0.1) is 11.3 Å². The summed E-state index contributed by atoms with van der Waals surface area (Å²) in [6, 6.07) is 8.24. The monoisotopic (exact) mass is 527 g/mol. The highest BCUT2D eigenvalue weighted by Gasteiger charge is 2.19. The number of nitrogens with one attached hydrogen (secondary N) is 1. The zero-order valence-corrected chi connectivity index (χ0v) is 25.3. The quantitative estimate of drug-likeness (QED) is 0.179. The van der Waals surface area contributed by atoms with Crippen LogP contribution in [0.25, 0.3) is 5.57 Å². The van der Waals surface area contributed by atoms with Crippen LogP contribution in [0.3, 0.4) is 0 Å². The number of allylic oxidation sites excluding steroid dienone is 11. The van der Waals surface area contributed by atoms with E-state index in [9.17, 15) is 0 Å². The van der Waals surface area contributed by atoms with Gasteiger partial charge in [-0.1, -0.05) is 63.1 Å². The second-order valence-electron chi connectivity index (χ2n) is 9.43. The maximum Gasteiger partial charge on any atom is 0.0991 e. The van der Waals surface area contributed by atoms with Crippen molar-refractivity contribution < 1.29 is 0 Å².